The van der Waals surface area contributed by atoms with Gasteiger partial charge in [0.2, 0.25) is 11.7 Å². The lowest BCUT2D eigenvalue weighted by Crippen LogP contribution is -2.35. The lowest BCUT2D eigenvalue weighted by molar-refractivity contribution is 0.177. The van der Waals surface area contributed by atoms with Crippen LogP contribution < -0.4 is 9.47 Å². The Hall–Kier alpha value is -3.64. The lowest BCUT2D eigenvalue weighted by Gasteiger charge is -2.37. The highest BCUT2D eigenvalue weighted by atomic mass is 16.5. The summed E-state index contributed by atoms with van der Waals surface area (Å²) < 4.78 is 16.9. The molecule has 2 heterocycles. The Bertz CT molecular complexity index is 1250. The van der Waals surface area contributed by atoms with Gasteiger partial charge >= 0.3 is 0 Å². The van der Waals surface area contributed by atoms with Crippen LogP contribution in [0.25, 0.3) is 11.4 Å². The second-order valence-electron chi connectivity index (χ2n) is 8.27. The number of hydrogen-bond acceptors (Lipinski definition) is 6. The van der Waals surface area contributed by atoms with E-state index in [0.717, 1.165) is 35.6 Å². The van der Waals surface area contributed by atoms with Crippen molar-refractivity contribution in [2.45, 2.75) is 25.9 Å². The standard InChI is InChI=1S/C27H27N3O3/c1-18-9-7-8-12-21(18)27-28-25(33-29-27)17-30-14-13-20-15-23(31-2)24(32-3)16-22(20)26(30)19-10-5-4-6-11-19/h4-12,15-16,26H,13-14,17H2,1-3H3. The number of aryl methyl sites for hydroxylation is 1. The molecule has 6 heteroatoms. The van der Waals surface area contributed by atoms with Crippen molar-refractivity contribution in [1.82, 2.24) is 15.0 Å². The fourth-order valence-electron chi connectivity index (χ4n) is 4.62. The van der Waals surface area contributed by atoms with Gasteiger partial charge in [0.15, 0.2) is 11.5 Å². The molecule has 0 amide bonds. The second-order valence-corrected chi connectivity index (χ2v) is 8.27. The molecule has 0 radical (unpaired) electrons. The van der Waals surface area contributed by atoms with Crippen molar-refractivity contribution >= 4 is 0 Å². The summed E-state index contributed by atoms with van der Waals surface area (Å²) in [6.45, 7) is 3.48. The molecule has 3 aromatic carbocycles. The summed E-state index contributed by atoms with van der Waals surface area (Å²) in [6, 6.07) is 22.8. The summed E-state index contributed by atoms with van der Waals surface area (Å²) in [7, 11) is 3.35. The highest BCUT2D eigenvalue weighted by Crippen LogP contribution is 2.41. The van der Waals surface area contributed by atoms with E-state index in [1.807, 2.05) is 24.3 Å². The van der Waals surface area contributed by atoms with Gasteiger partial charge in [-0.2, -0.15) is 4.98 Å². The van der Waals surface area contributed by atoms with Crippen molar-refractivity contribution < 1.29 is 14.0 Å². The molecule has 1 aliphatic heterocycles. The smallest absolute Gasteiger partial charge is 0.241 e. The van der Waals surface area contributed by atoms with Crippen LogP contribution in [0.15, 0.2) is 71.3 Å². The highest BCUT2D eigenvalue weighted by Gasteiger charge is 2.31. The number of fused-ring (bicyclic) bond motifs is 1. The summed E-state index contributed by atoms with van der Waals surface area (Å²) in [5.74, 6) is 2.73. The number of aromatic nitrogens is 2. The van der Waals surface area contributed by atoms with E-state index in [-0.39, 0.29) is 6.04 Å². The number of rotatable bonds is 6. The topological polar surface area (TPSA) is 60.6 Å². The average molecular weight is 442 g/mol. The molecular weight excluding hydrogens is 414 g/mol. The van der Waals surface area contributed by atoms with Gasteiger partial charge in [-0.15, -0.1) is 0 Å². The van der Waals surface area contributed by atoms with Crippen LogP contribution in [0.3, 0.4) is 0 Å². The number of methoxy groups -OCH3 is 2. The quantitative estimate of drug-likeness (QED) is 0.409. The lowest BCUT2D eigenvalue weighted by atomic mass is 9.87. The molecule has 0 aliphatic carbocycles. The first-order chi connectivity index (χ1) is 16.2. The van der Waals surface area contributed by atoms with Gasteiger partial charge in [0, 0.05) is 12.1 Å². The van der Waals surface area contributed by atoms with Crippen LogP contribution in [0, 0.1) is 6.92 Å². The Morgan fingerprint density at radius 1 is 0.970 bits per heavy atom. The summed E-state index contributed by atoms with van der Waals surface area (Å²) in [4.78, 5) is 7.10. The SMILES string of the molecule is COc1cc2c(cc1OC)C(c1ccccc1)N(Cc1nc(-c3ccccc3C)no1)CC2. The summed E-state index contributed by atoms with van der Waals surface area (Å²) in [6.07, 6.45) is 0.901. The molecular formula is C27H27N3O3. The second kappa shape index (κ2) is 9.08. The van der Waals surface area contributed by atoms with E-state index in [1.54, 1.807) is 14.2 Å². The summed E-state index contributed by atoms with van der Waals surface area (Å²) in [5.41, 5.74) is 5.81. The Balaban J connectivity index is 1.51. The van der Waals surface area contributed by atoms with Gasteiger partial charge in [-0.1, -0.05) is 59.8 Å². The molecule has 6 nitrogen and oxygen atoms in total. The van der Waals surface area contributed by atoms with E-state index in [0.29, 0.717) is 18.3 Å². The van der Waals surface area contributed by atoms with Gasteiger partial charge in [-0.25, -0.2) is 0 Å². The third-order valence-corrected chi connectivity index (χ3v) is 6.28. The molecule has 1 unspecified atom stereocenters. The molecule has 0 saturated heterocycles. The molecule has 1 atom stereocenters. The molecule has 4 aromatic rings. The number of nitrogens with zero attached hydrogens (tertiary/aromatic N) is 3. The number of ether oxygens (including phenoxy) is 2. The van der Waals surface area contributed by atoms with Crippen LogP contribution >= 0.6 is 0 Å². The van der Waals surface area contributed by atoms with Gasteiger partial charge in [-0.05, 0) is 47.7 Å². The first kappa shape index (κ1) is 21.2. The van der Waals surface area contributed by atoms with Crippen molar-refractivity contribution in [1.29, 1.82) is 0 Å². The van der Waals surface area contributed by atoms with E-state index in [4.69, 9.17) is 19.0 Å². The van der Waals surface area contributed by atoms with Gasteiger partial charge in [0.05, 0.1) is 26.8 Å². The van der Waals surface area contributed by atoms with Gasteiger partial charge in [0.25, 0.3) is 0 Å². The fraction of sp³-hybridized carbons (Fsp3) is 0.259. The Labute approximate surface area is 193 Å². The van der Waals surface area contributed by atoms with Crippen LogP contribution in [-0.2, 0) is 13.0 Å². The minimum atomic E-state index is 0.0450. The zero-order valence-corrected chi connectivity index (χ0v) is 19.1. The molecule has 1 aromatic heterocycles. The molecule has 0 bridgehead atoms. The Kier molecular flexibility index (Phi) is 5.84. The minimum absolute atomic E-state index is 0.0450. The predicted molar refractivity (Wildman–Crippen MR) is 126 cm³/mol. The first-order valence-electron chi connectivity index (χ1n) is 11.1. The summed E-state index contributed by atoms with van der Waals surface area (Å²) >= 11 is 0. The van der Waals surface area contributed by atoms with E-state index >= 15 is 0 Å². The third kappa shape index (κ3) is 4.10. The van der Waals surface area contributed by atoms with E-state index in [1.165, 1.54) is 16.7 Å². The average Bonchev–Trinajstić information content (AvgIpc) is 3.32. The molecule has 0 saturated carbocycles. The fourth-order valence-corrected chi connectivity index (χ4v) is 4.62. The zero-order valence-electron chi connectivity index (χ0n) is 19.1. The van der Waals surface area contributed by atoms with Crippen molar-refractivity contribution in [3.8, 4) is 22.9 Å². The van der Waals surface area contributed by atoms with E-state index < -0.39 is 0 Å². The van der Waals surface area contributed by atoms with Crippen molar-refractivity contribution in [3.05, 3.63) is 94.9 Å². The third-order valence-electron chi connectivity index (χ3n) is 6.28. The van der Waals surface area contributed by atoms with Crippen LogP contribution in [0.1, 0.15) is 34.2 Å². The van der Waals surface area contributed by atoms with Crippen molar-refractivity contribution in [2.24, 2.45) is 0 Å². The van der Waals surface area contributed by atoms with Crippen molar-refractivity contribution in [2.75, 3.05) is 20.8 Å². The van der Waals surface area contributed by atoms with Crippen LogP contribution in [-0.4, -0.2) is 35.8 Å². The zero-order chi connectivity index (χ0) is 22.8. The molecule has 0 N–H and O–H groups in total. The maximum absolute atomic E-state index is 5.68. The molecule has 5 rings (SSSR count). The highest BCUT2D eigenvalue weighted by molar-refractivity contribution is 5.59. The maximum atomic E-state index is 5.68. The largest absolute Gasteiger partial charge is 0.493 e. The van der Waals surface area contributed by atoms with E-state index in [9.17, 15) is 0 Å². The molecule has 168 valence electrons. The molecule has 1 aliphatic rings. The van der Waals surface area contributed by atoms with E-state index in [2.05, 4.69) is 59.4 Å². The normalized spacial score (nSPS) is 15.8. The van der Waals surface area contributed by atoms with Gasteiger partial charge in [0.1, 0.15) is 0 Å². The number of benzene rings is 3. The number of hydrogen-bond donors (Lipinski definition) is 0. The first-order valence-corrected chi connectivity index (χ1v) is 11.1. The predicted octanol–water partition coefficient (Wildman–Crippen LogP) is 5.21. The maximum Gasteiger partial charge on any atom is 0.241 e. The Morgan fingerprint density at radius 3 is 2.45 bits per heavy atom. The minimum Gasteiger partial charge on any atom is -0.493 e. The molecule has 33 heavy (non-hydrogen) atoms. The van der Waals surface area contributed by atoms with Crippen LogP contribution in [0.5, 0.6) is 11.5 Å². The van der Waals surface area contributed by atoms with Crippen LogP contribution in [0.2, 0.25) is 0 Å². The molecule has 0 spiro atoms. The van der Waals surface area contributed by atoms with Crippen LogP contribution in [0.4, 0.5) is 0 Å². The monoisotopic (exact) mass is 441 g/mol. The molecule has 0 fully saturated rings. The summed E-state index contributed by atoms with van der Waals surface area (Å²) in [5, 5.41) is 4.26. The van der Waals surface area contributed by atoms with Gasteiger partial charge in [-0.3, -0.25) is 4.90 Å². The van der Waals surface area contributed by atoms with Crippen molar-refractivity contribution in [3.63, 3.8) is 0 Å². The van der Waals surface area contributed by atoms with Gasteiger partial charge < -0.3 is 14.0 Å². The Morgan fingerprint density at radius 2 is 1.70 bits per heavy atom.